The molecule has 0 bridgehead atoms. The molecule has 0 spiro atoms. The van der Waals surface area contributed by atoms with Crippen LogP contribution in [0.15, 0.2) is 0 Å². The average Bonchev–Trinajstić information content (AvgIpc) is 1.92. The Balaban J connectivity index is 0.00000144. The zero-order valence-electron chi connectivity index (χ0n) is 5.84. The second-order valence-corrected chi connectivity index (χ2v) is 2.57. The Kier molecular flexibility index (Phi) is 2.60. The molecule has 0 heterocycles. The Morgan fingerprint density at radius 1 is 0.923 bits per heavy atom. The third kappa shape index (κ3) is 1.26. The van der Waals surface area contributed by atoms with E-state index in [2.05, 4.69) is 0 Å². The molecule has 0 aromatic rings. The maximum atomic E-state index is 12.0. The van der Waals surface area contributed by atoms with Crippen molar-refractivity contribution in [1.29, 1.82) is 0 Å². The van der Waals surface area contributed by atoms with Crippen LogP contribution in [0.4, 0.5) is 35.4 Å². The van der Waals surface area contributed by atoms with Crippen molar-refractivity contribution < 1.29 is 35.4 Å². The Bertz CT molecular complexity index is 197. The molecule has 1 aliphatic rings. The van der Waals surface area contributed by atoms with Gasteiger partial charge in [-0.15, -0.1) is 0 Å². The van der Waals surface area contributed by atoms with E-state index in [-0.39, 0.29) is 4.70 Å². The van der Waals surface area contributed by atoms with Gasteiger partial charge in [-0.25, -0.2) is 4.39 Å². The number of hydrogen-bond donors (Lipinski definition) is 0. The molecule has 1 atom stereocenters. The van der Waals surface area contributed by atoms with E-state index < -0.39 is 30.4 Å². The number of halogens is 8. The number of alkyl halides is 7. The Labute approximate surface area is 67.1 Å². The Morgan fingerprint density at radius 3 is 1.38 bits per heavy atom. The fourth-order valence-corrected chi connectivity index (χ4v) is 0.922. The normalized spacial score (nSPS) is 33.9. The van der Waals surface area contributed by atoms with E-state index >= 15 is 0 Å². The molecule has 8 heteroatoms. The smallest absolute Gasteiger partial charge is 0.269 e. The molecule has 0 N–H and O–H groups in total. The Hall–Kier alpha value is -0.560. The molecular formula is C5H4F8. The maximum absolute atomic E-state index is 12.0. The molecular weight excluding hydrogens is 212 g/mol. The minimum Gasteiger partial charge on any atom is -0.269 e. The highest BCUT2D eigenvalue weighted by Crippen LogP contribution is 2.57. The van der Waals surface area contributed by atoms with Crippen LogP contribution in [-0.4, -0.2) is 23.9 Å². The summed E-state index contributed by atoms with van der Waals surface area (Å²) < 4.78 is 84.0. The lowest BCUT2D eigenvalue weighted by Crippen LogP contribution is -2.48. The molecule has 1 aliphatic carbocycles. The van der Waals surface area contributed by atoms with Crippen LogP contribution in [0.1, 0.15) is 6.42 Å². The molecule has 0 aromatic carbocycles. The van der Waals surface area contributed by atoms with Crippen molar-refractivity contribution in [2.24, 2.45) is 0 Å². The number of rotatable bonds is 0. The van der Waals surface area contributed by atoms with Crippen LogP contribution in [-0.2, 0) is 0 Å². The predicted octanol–water partition coefficient (Wildman–Crippen LogP) is 2.79. The molecule has 0 aromatic heterocycles. The first-order valence-electron chi connectivity index (χ1n) is 2.90. The van der Waals surface area contributed by atoms with Gasteiger partial charge in [0.2, 0.25) is 0 Å². The SMILES string of the molecule is F.FC1CC(F)(F)C(F)(F)C1(F)F. The number of hydrogen-bond acceptors (Lipinski definition) is 0. The summed E-state index contributed by atoms with van der Waals surface area (Å²) in [6, 6.07) is 0. The summed E-state index contributed by atoms with van der Waals surface area (Å²) in [7, 11) is 0. The first-order valence-corrected chi connectivity index (χ1v) is 2.90. The fourth-order valence-electron chi connectivity index (χ4n) is 0.922. The van der Waals surface area contributed by atoms with Gasteiger partial charge in [-0.3, -0.25) is 4.70 Å². The average molecular weight is 216 g/mol. The quantitative estimate of drug-likeness (QED) is 0.546. The molecule has 13 heavy (non-hydrogen) atoms. The van der Waals surface area contributed by atoms with Gasteiger partial charge in [0.05, 0.1) is 6.42 Å². The molecule has 1 unspecified atom stereocenters. The minimum absolute atomic E-state index is 0. The van der Waals surface area contributed by atoms with E-state index in [0.717, 1.165) is 0 Å². The molecule has 0 radical (unpaired) electrons. The third-order valence-corrected chi connectivity index (χ3v) is 1.71. The standard InChI is InChI=1S/C5H3F7.FH/c6-2-1-3(7,8)5(11,12)4(2,9)10;/h2H,1H2;1H. The van der Waals surface area contributed by atoms with Crippen LogP contribution in [0.5, 0.6) is 0 Å². The van der Waals surface area contributed by atoms with Crippen LogP contribution in [0.25, 0.3) is 0 Å². The van der Waals surface area contributed by atoms with E-state index in [9.17, 15) is 30.7 Å². The van der Waals surface area contributed by atoms with Crippen molar-refractivity contribution in [2.45, 2.75) is 30.4 Å². The Morgan fingerprint density at radius 2 is 1.31 bits per heavy atom. The van der Waals surface area contributed by atoms with Gasteiger partial charge < -0.3 is 0 Å². The van der Waals surface area contributed by atoms with Crippen molar-refractivity contribution >= 4 is 0 Å². The summed E-state index contributed by atoms with van der Waals surface area (Å²) in [6.07, 6.45) is -5.62. The van der Waals surface area contributed by atoms with Crippen LogP contribution in [0.3, 0.4) is 0 Å². The first-order chi connectivity index (χ1) is 5.13. The van der Waals surface area contributed by atoms with Crippen LogP contribution in [0.2, 0.25) is 0 Å². The lowest BCUT2D eigenvalue weighted by Gasteiger charge is -2.22. The van der Waals surface area contributed by atoms with E-state index in [0.29, 0.717) is 0 Å². The van der Waals surface area contributed by atoms with Gasteiger partial charge in [0.25, 0.3) is 0 Å². The molecule has 0 nitrogen and oxygen atoms in total. The van der Waals surface area contributed by atoms with E-state index in [1.165, 1.54) is 0 Å². The molecule has 1 fully saturated rings. The van der Waals surface area contributed by atoms with E-state index in [1.54, 1.807) is 0 Å². The van der Waals surface area contributed by atoms with Crippen molar-refractivity contribution in [3.8, 4) is 0 Å². The third-order valence-electron chi connectivity index (χ3n) is 1.71. The highest BCUT2D eigenvalue weighted by Gasteiger charge is 2.81. The van der Waals surface area contributed by atoms with Crippen LogP contribution >= 0.6 is 0 Å². The van der Waals surface area contributed by atoms with Crippen LogP contribution < -0.4 is 0 Å². The summed E-state index contributed by atoms with van der Waals surface area (Å²) in [5, 5.41) is 0. The van der Waals surface area contributed by atoms with E-state index in [4.69, 9.17) is 0 Å². The molecule has 80 valence electrons. The van der Waals surface area contributed by atoms with Crippen LogP contribution in [0, 0.1) is 0 Å². The topological polar surface area (TPSA) is 0 Å². The maximum Gasteiger partial charge on any atom is 0.375 e. The summed E-state index contributed by atoms with van der Waals surface area (Å²) >= 11 is 0. The lowest BCUT2D eigenvalue weighted by molar-refractivity contribution is -0.277. The van der Waals surface area contributed by atoms with Gasteiger partial charge in [-0.2, -0.15) is 26.3 Å². The summed E-state index contributed by atoms with van der Waals surface area (Å²) in [5.74, 6) is -15.8. The van der Waals surface area contributed by atoms with Crippen molar-refractivity contribution in [3.05, 3.63) is 0 Å². The zero-order valence-corrected chi connectivity index (χ0v) is 5.84. The lowest BCUT2D eigenvalue weighted by atomic mass is 10.2. The van der Waals surface area contributed by atoms with Gasteiger partial charge in [-0.1, -0.05) is 0 Å². The molecule has 0 aliphatic heterocycles. The van der Waals surface area contributed by atoms with Gasteiger partial charge in [-0.05, 0) is 0 Å². The summed E-state index contributed by atoms with van der Waals surface area (Å²) in [5.41, 5.74) is 0. The highest BCUT2D eigenvalue weighted by atomic mass is 19.3. The van der Waals surface area contributed by atoms with Gasteiger partial charge in [0.1, 0.15) is 0 Å². The zero-order chi connectivity index (χ0) is 9.78. The summed E-state index contributed by atoms with van der Waals surface area (Å²) in [4.78, 5) is 0. The molecule has 0 saturated heterocycles. The van der Waals surface area contributed by atoms with Crippen molar-refractivity contribution in [1.82, 2.24) is 0 Å². The van der Waals surface area contributed by atoms with Gasteiger partial charge in [0, 0.05) is 0 Å². The highest BCUT2D eigenvalue weighted by molar-refractivity contribution is 5.08. The minimum atomic E-state index is -5.58. The molecule has 1 rings (SSSR count). The van der Waals surface area contributed by atoms with Gasteiger partial charge >= 0.3 is 17.8 Å². The monoisotopic (exact) mass is 216 g/mol. The first kappa shape index (κ1) is 12.4. The molecule has 0 amide bonds. The molecule has 1 saturated carbocycles. The van der Waals surface area contributed by atoms with Crippen molar-refractivity contribution in [3.63, 3.8) is 0 Å². The summed E-state index contributed by atoms with van der Waals surface area (Å²) in [6.45, 7) is 0. The largest absolute Gasteiger partial charge is 0.375 e. The van der Waals surface area contributed by atoms with Crippen molar-refractivity contribution in [2.75, 3.05) is 0 Å². The fraction of sp³-hybridized carbons (Fsp3) is 1.00. The van der Waals surface area contributed by atoms with Gasteiger partial charge in [0.15, 0.2) is 6.17 Å². The predicted molar refractivity (Wildman–Crippen MR) is 26.9 cm³/mol. The second kappa shape index (κ2) is 2.71. The van der Waals surface area contributed by atoms with E-state index in [1.807, 2.05) is 0 Å². The second-order valence-electron chi connectivity index (χ2n) is 2.57.